The molecule has 1 saturated heterocycles. The van der Waals surface area contributed by atoms with Crippen LogP contribution < -0.4 is 5.32 Å². The second kappa shape index (κ2) is 6.56. The SMILES string of the molecule is CC(=O)N1CC(S(=O)(=O)c2ccccc2Cl)CC1C(=O)NC1(C#N)CC1. The third kappa shape index (κ3) is 3.29. The maximum atomic E-state index is 12.9. The molecular weight excluding hydrogens is 378 g/mol. The molecule has 2 unspecified atom stereocenters. The summed E-state index contributed by atoms with van der Waals surface area (Å²) in [5, 5.41) is 11.0. The second-order valence-corrected chi connectivity index (χ2v) is 9.31. The number of likely N-dealkylation sites (tertiary alicyclic amines) is 1. The normalized spacial score (nSPS) is 24.0. The Kier molecular flexibility index (Phi) is 4.71. The zero-order chi connectivity index (χ0) is 19.1. The molecule has 26 heavy (non-hydrogen) atoms. The molecule has 0 bridgehead atoms. The number of rotatable bonds is 4. The highest BCUT2D eigenvalue weighted by Crippen LogP contribution is 2.36. The molecule has 1 N–H and O–H groups in total. The van der Waals surface area contributed by atoms with Crippen molar-refractivity contribution in [2.45, 2.75) is 47.9 Å². The van der Waals surface area contributed by atoms with Gasteiger partial charge in [-0.2, -0.15) is 5.26 Å². The number of halogens is 1. The molecule has 2 fully saturated rings. The van der Waals surface area contributed by atoms with E-state index in [4.69, 9.17) is 16.9 Å². The molecule has 7 nitrogen and oxygen atoms in total. The van der Waals surface area contributed by atoms with E-state index in [1.165, 1.54) is 24.0 Å². The van der Waals surface area contributed by atoms with Gasteiger partial charge in [-0.25, -0.2) is 8.42 Å². The average molecular weight is 396 g/mol. The number of hydrogen-bond donors (Lipinski definition) is 1. The van der Waals surface area contributed by atoms with Crippen molar-refractivity contribution in [1.82, 2.24) is 10.2 Å². The van der Waals surface area contributed by atoms with Crippen molar-refractivity contribution in [1.29, 1.82) is 5.26 Å². The summed E-state index contributed by atoms with van der Waals surface area (Å²) < 4.78 is 25.9. The van der Waals surface area contributed by atoms with Crippen molar-refractivity contribution in [3.63, 3.8) is 0 Å². The summed E-state index contributed by atoms with van der Waals surface area (Å²) in [6.45, 7) is 1.21. The summed E-state index contributed by atoms with van der Waals surface area (Å²) in [5.41, 5.74) is -0.876. The van der Waals surface area contributed by atoms with Crippen LogP contribution in [-0.4, -0.2) is 48.5 Å². The monoisotopic (exact) mass is 395 g/mol. The molecule has 2 amide bonds. The van der Waals surface area contributed by atoms with Crippen molar-refractivity contribution in [3.05, 3.63) is 29.3 Å². The fourth-order valence-electron chi connectivity index (χ4n) is 3.18. The molecule has 1 saturated carbocycles. The Balaban J connectivity index is 1.85. The summed E-state index contributed by atoms with van der Waals surface area (Å²) in [5.74, 6) is -0.875. The average Bonchev–Trinajstić information content (AvgIpc) is 3.20. The van der Waals surface area contributed by atoms with E-state index in [-0.39, 0.29) is 28.8 Å². The predicted molar refractivity (Wildman–Crippen MR) is 93.9 cm³/mol. The van der Waals surface area contributed by atoms with E-state index in [1.807, 2.05) is 0 Å². The van der Waals surface area contributed by atoms with Gasteiger partial charge in [0.15, 0.2) is 9.84 Å². The first kappa shape index (κ1) is 18.7. The first-order chi connectivity index (χ1) is 12.2. The van der Waals surface area contributed by atoms with Gasteiger partial charge in [-0.05, 0) is 31.4 Å². The van der Waals surface area contributed by atoms with Gasteiger partial charge in [0.2, 0.25) is 11.8 Å². The zero-order valence-electron chi connectivity index (χ0n) is 14.1. The minimum atomic E-state index is -3.81. The van der Waals surface area contributed by atoms with E-state index in [2.05, 4.69) is 11.4 Å². The lowest BCUT2D eigenvalue weighted by Gasteiger charge is -2.23. The number of carbonyl (C=O) groups excluding carboxylic acids is 2. The zero-order valence-corrected chi connectivity index (χ0v) is 15.7. The number of nitrogens with zero attached hydrogens (tertiary/aromatic N) is 2. The molecule has 3 rings (SSSR count). The molecule has 1 aromatic carbocycles. The number of nitrogens with one attached hydrogen (secondary N) is 1. The van der Waals surface area contributed by atoms with Crippen molar-refractivity contribution in [2.75, 3.05) is 6.54 Å². The number of benzene rings is 1. The maximum Gasteiger partial charge on any atom is 0.244 e. The highest BCUT2D eigenvalue weighted by atomic mass is 35.5. The molecule has 138 valence electrons. The van der Waals surface area contributed by atoms with Crippen LogP contribution >= 0.6 is 11.6 Å². The van der Waals surface area contributed by atoms with E-state index < -0.39 is 32.6 Å². The fourth-order valence-corrected chi connectivity index (χ4v) is 5.40. The largest absolute Gasteiger partial charge is 0.336 e. The Bertz CT molecular complexity index is 905. The highest BCUT2D eigenvalue weighted by Gasteiger charge is 2.49. The van der Waals surface area contributed by atoms with Gasteiger partial charge in [-0.15, -0.1) is 0 Å². The van der Waals surface area contributed by atoms with Gasteiger partial charge in [0.25, 0.3) is 0 Å². The molecule has 9 heteroatoms. The van der Waals surface area contributed by atoms with Gasteiger partial charge >= 0.3 is 0 Å². The summed E-state index contributed by atoms with van der Waals surface area (Å²) in [6, 6.07) is 7.24. The van der Waals surface area contributed by atoms with Gasteiger partial charge < -0.3 is 10.2 Å². The quantitative estimate of drug-likeness (QED) is 0.826. The predicted octanol–water partition coefficient (Wildman–Crippen LogP) is 1.28. The smallest absolute Gasteiger partial charge is 0.244 e. The Morgan fingerprint density at radius 3 is 2.54 bits per heavy atom. The van der Waals surface area contributed by atoms with Gasteiger partial charge in [0.05, 0.1) is 21.2 Å². The minimum Gasteiger partial charge on any atom is -0.336 e. The first-order valence-corrected chi connectivity index (χ1v) is 10.1. The molecule has 0 spiro atoms. The second-order valence-electron chi connectivity index (χ2n) is 6.70. The summed E-state index contributed by atoms with van der Waals surface area (Å²) >= 11 is 6.02. The van der Waals surface area contributed by atoms with Crippen LogP contribution in [-0.2, 0) is 19.4 Å². The molecule has 2 atom stereocenters. The molecular formula is C17H18ClN3O4S. The lowest BCUT2D eigenvalue weighted by molar-refractivity contribution is -0.137. The molecule has 0 aromatic heterocycles. The molecule has 0 radical (unpaired) electrons. The van der Waals surface area contributed by atoms with E-state index in [0.29, 0.717) is 12.8 Å². The highest BCUT2D eigenvalue weighted by molar-refractivity contribution is 7.92. The Morgan fingerprint density at radius 2 is 2.00 bits per heavy atom. The molecule has 1 aliphatic carbocycles. The summed E-state index contributed by atoms with van der Waals surface area (Å²) in [4.78, 5) is 25.8. The third-order valence-electron chi connectivity index (χ3n) is 4.88. The maximum absolute atomic E-state index is 12.9. The lowest BCUT2D eigenvalue weighted by atomic mass is 10.2. The van der Waals surface area contributed by atoms with E-state index >= 15 is 0 Å². The van der Waals surface area contributed by atoms with Gasteiger partial charge in [-0.1, -0.05) is 23.7 Å². The van der Waals surface area contributed by atoms with E-state index in [1.54, 1.807) is 12.1 Å². The van der Waals surface area contributed by atoms with Crippen LogP contribution in [0, 0.1) is 11.3 Å². The van der Waals surface area contributed by atoms with Crippen LogP contribution in [0.2, 0.25) is 5.02 Å². The number of hydrogen-bond acceptors (Lipinski definition) is 5. The number of nitriles is 1. The van der Waals surface area contributed by atoms with Gasteiger partial charge in [0, 0.05) is 13.5 Å². The summed E-state index contributed by atoms with van der Waals surface area (Å²) in [6.07, 6.45) is 1.09. The van der Waals surface area contributed by atoms with Crippen molar-refractivity contribution >= 4 is 33.3 Å². The Hall–Kier alpha value is -2.11. The van der Waals surface area contributed by atoms with Crippen LogP contribution in [0.3, 0.4) is 0 Å². The number of amides is 2. The van der Waals surface area contributed by atoms with Crippen molar-refractivity contribution < 1.29 is 18.0 Å². The van der Waals surface area contributed by atoms with E-state index in [0.717, 1.165) is 0 Å². The fraction of sp³-hybridized carbons (Fsp3) is 0.471. The van der Waals surface area contributed by atoms with Crippen LogP contribution in [0.1, 0.15) is 26.2 Å². The standard InChI is InChI=1S/C17H18ClN3O4S/c1-11(22)21-9-12(26(24,25)15-5-3-2-4-13(15)18)8-14(21)16(23)20-17(10-19)6-7-17/h2-5,12,14H,6-9H2,1H3,(H,20,23). The van der Waals surface area contributed by atoms with E-state index in [9.17, 15) is 18.0 Å². The Morgan fingerprint density at radius 1 is 1.35 bits per heavy atom. The topological polar surface area (TPSA) is 107 Å². The molecule has 2 aliphatic rings. The number of carbonyl (C=O) groups is 2. The molecule has 1 aliphatic heterocycles. The third-order valence-corrected chi connectivity index (χ3v) is 7.51. The first-order valence-electron chi connectivity index (χ1n) is 8.19. The lowest BCUT2D eigenvalue weighted by Crippen LogP contribution is -2.48. The molecule has 1 aromatic rings. The Labute approximate surface area is 156 Å². The van der Waals surface area contributed by atoms with Gasteiger partial charge in [0.1, 0.15) is 11.6 Å². The van der Waals surface area contributed by atoms with Crippen LogP contribution in [0.5, 0.6) is 0 Å². The molecule has 1 heterocycles. The number of sulfone groups is 1. The van der Waals surface area contributed by atoms with Crippen LogP contribution in [0.15, 0.2) is 29.2 Å². The minimum absolute atomic E-state index is 0.00749. The van der Waals surface area contributed by atoms with Crippen LogP contribution in [0.4, 0.5) is 0 Å². The van der Waals surface area contributed by atoms with Crippen molar-refractivity contribution in [2.24, 2.45) is 0 Å². The summed E-state index contributed by atoms with van der Waals surface area (Å²) in [7, 11) is -3.81. The van der Waals surface area contributed by atoms with Crippen molar-refractivity contribution in [3.8, 4) is 6.07 Å². The van der Waals surface area contributed by atoms with Crippen LogP contribution in [0.25, 0.3) is 0 Å². The van der Waals surface area contributed by atoms with Gasteiger partial charge in [-0.3, -0.25) is 9.59 Å².